The third kappa shape index (κ3) is 4.27. The van der Waals surface area contributed by atoms with Gasteiger partial charge in [-0.1, -0.05) is 18.5 Å². The molecule has 1 aromatic heterocycles. The van der Waals surface area contributed by atoms with Crippen LogP contribution in [0.1, 0.15) is 25.8 Å². The lowest BCUT2D eigenvalue weighted by Gasteiger charge is -2.16. The molecule has 0 bridgehead atoms. The summed E-state index contributed by atoms with van der Waals surface area (Å²) in [4.78, 5) is 17.2. The summed E-state index contributed by atoms with van der Waals surface area (Å²) in [5.74, 6) is -0.807. The quantitative estimate of drug-likeness (QED) is 0.553. The smallest absolute Gasteiger partial charge is 0.261 e. The second-order valence-electron chi connectivity index (χ2n) is 6.79. The number of aromatic nitrogens is 2. The highest BCUT2D eigenvalue weighted by Gasteiger charge is 2.18. The van der Waals surface area contributed by atoms with Crippen LogP contribution in [0.15, 0.2) is 35.4 Å². The molecule has 10 heteroatoms. The molecule has 0 aliphatic carbocycles. The van der Waals surface area contributed by atoms with Crippen LogP contribution in [0, 0.1) is 12.7 Å². The Morgan fingerprint density at radius 3 is 2.53 bits per heavy atom. The molecule has 0 unspecified atom stereocenters. The Labute approximate surface area is 178 Å². The van der Waals surface area contributed by atoms with Crippen LogP contribution in [0.2, 0.25) is 5.02 Å². The summed E-state index contributed by atoms with van der Waals surface area (Å²) < 4.78 is 42.1. The number of aryl methyl sites for hydroxylation is 2. The van der Waals surface area contributed by atoms with E-state index in [0.29, 0.717) is 28.7 Å². The van der Waals surface area contributed by atoms with Gasteiger partial charge >= 0.3 is 0 Å². The van der Waals surface area contributed by atoms with Gasteiger partial charge in [-0.3, -0.25) is 14.1 Å². The third-order valence-electron chi connectivity index (χ3n) is 4.71. The van der Waals surface area contributed by atoms with Crippen LogP contribution < -0.4 is 15.6 Å². The molecule has 0 atom stereocenters. The van der Waals surface area contributed by atoms with Crippen molar-refractivity contribution in [2.24, 2.45) is 0 Å². The van der Waals surface area contributed by atoms with Crippen LogP contribution in [-0.2, 0) is 16.6 Å². The molecular formula is C20H22ClFN4O3S. The van der Waals surface area contributed by atoms with Gasteiger partial charge in [0.05, 0.1) is 39.4 Å². The van der Waals surface area contributed by atoms with Gasteiger partial charge in [0.25, 0.3) is 5.56 Å². The SMILES string of the molecule is CCCn1cnc2ccc(Nc3c(F)ccc(NS(=O)(=O)CC)c3Cl)c(C)c2c1=O. The molecule has 160 valence electrons. The molecule has 0 aliphatic heterocycles. The molecule has 0 radical (unpaired) electrons. The average molecular weight is 453 g/mol. The van der Waals surface area contributed by atoms with E-state index < -0.39 is 15.8 Å². The second kappa shape index (κ2) is 8.61. The van der Waals surface area contributed by atoms with Crippen molar-refractivity contribution in [1.82, 2.24) is 9.55 Å². The molecule has 2 N–H and O–H groups in total. The minimum atomic E-state index is -3.59. The van der Waals surface area contributed by atoms with E-state index in [4.69, 9.17) is 11.6 Å². The molecule has 2 aromatic carbocycles. The van der Waals surface area contributed by atoms with Crippen LogP contribution in [0.25, 0.3) is 10.9 Å². The van der Waals surface area contributed by atoms with Gasteiger partial charge in [0.2, 0.25) is 10.0 Å². The van der Waals surface area contributed by atoms with Crippen LogP contribution in [-0.4, -0.2) is 23.7 Å². The number of hydrogen-bond donors (Lipinski definition) is 2. The van der Waals surface area contributed by atoms with Gasteiger partial charge in [-0.25, -0.2) is 17.8 Å². The lowest BCUT2D eigenvalue weighted by Crippen LogP contribution is -2.21. The highest BCUT2D eigenvalue weighted by molar-refractivity contribution is 7.92. The minimum absolute atomic E-state index is 0.0628. The zero-order valence-electron chi connectivity index (χ0n) is 16.8. The van der Waals surface area contributed by atoms with Gasteiger partial charge in [-0.05, 0) is 50.1 Å². The molecule has 1 heterocycles. The minimum Gasteiger partial charge on any atom is -0.352 e. The number of halogens is 2. The predicted octanol–water partition coefficient (Wildman–Crippen LogP) is 4.41. The molecule has 0 amide bonds. The van der Waals surface area contributed by atoms with Crippen LogP contribution in [0.5, 0.6) is 0 Å². The van der Waals surface area contributed by atoms with Crippen molar-refractivity contribution in [3.05, 3.63) is 57.3 Å². The zero-order valence-corrected chi connectivity index (χ0v) is 18.4. The monoisotopic (exact) mass is 452 g/mol. The number of benzene rings is 2. The van der Waals surface area contributed by atoms with Crippen molar-refractivity contribution in [1.29, 1.82) is 0 Å². The molecule has 3 aromatic rings. The summed E-state index contributed by atoms with van der Waals surface area (Å²) in [6.07, 6.45) is 2.30. The van der Waals surface area contributed by atoms with E-state index in [-0.39, 0.29) is 27.7 Å². The first-order chi connectivity index (χ1) is 14.2. The van der Waals surface area contributed by atoms with E-state index in [1.165, 1.54) is 23.9 Å². The molecule has 0 saturated carbocycles. The Morgan fingerprint density at radius 1 is 1.17 bits per heavy atom. The number of rotatable bonds is 7. The summed E-state index contributed by atoms with van der Waals surface area (Å²) in [5, 5.41) is 3.22. The van der Waals surface area contributed by atoms with E-state index in [1.54, 1.807) is 19.1 Å². The van der Waals surface area contributed by atoms with Gasteiger partial charge in [0.1, 0.15) is 5.82 Å². The molecule has 0 spiro atoms. The maximum Gasteiger partial charge on any atom is 0.261 e. The zero-order chi connectivity index (χ0) is 22.1. The molecule has 30 heavy (non-hydrogen) atoms. The Kier molecular flexibility index (Phi) is 6.33. The first-order valence-electron chi connectivity index (χ1n) is 9.42. The fourth-order valence-corrected chi connectivity index (χ4v) is 4.01. The number of nitrogens with zero attached hydrogens (tertiary/aromatic N) is 2. The van der Waals surface area contributed by atoms with Crippen molar-refractivity contribution >= 4 is 49.6 Å². The maximum absolute atomic E-state index is 14.5. The van der Waals surface area contributed by atoms with Crippen molar-refractivity contribution in [3.8, 4) is 0 Å². The lowest BCUT2D eigenvalue weighted by molar-refractivity contribution is 0.602. The highest BCUT2D eigenvalue weighted by Crippen LogP contribution is 2.36. The van der Waals surface area contributed by atoms with E-state index >= 15 is 0 Å². The Balaban J connectivity index is 2.09. The van der Waals surface area contributed by atoms with Gasteiger partial charge in [-0.15, -0.1) is 0 Å². The van der Waals surface area contributed by atoms with Gasteiger partial charge in [0.15, 0.2) is 0 Å². The first kappa shape index (κ1) is 22.0. The number of nitrogens with one attached hydrogen (secondary N) is 2. The number of sulfonamides is 1. The predicted molar refractivity (Wildman–Crippen MR) is 119 cm³/mol. The Bertz CT molecular complexity index is 1280. The van der Waals surface area contributed by atoms with Gasteiger partial charge in [0, 0.05) is 12.2 Å². The van der Waals surface area contributed by atoms with Gasteiger partial charge < -0.3 is 5.32 Å². The third-order valence-corrected chi connectivity index (χ3v) is 6.40. The summed E-state index contributed by atoms with van der Waals surface area (Å²) in [7, 11) is -3.59. The second-order valence-corrected chi connectivity index (χ2v) is 9.18. The molecule has 7 nitrogen and oxygen atoms in total. The fourth-order valence-electron chi connectivity index (χ4n) is 3.06. The normalized spacial score (nSPS) is 11.6. The van der Waals surface area contributed by atoms with Crippen molar-refractivity contribution < 1.29 is 12.8 Å². The molecular weight excluding hydrogens is 431 g/mol. The summed E-state index contributed by atoms with van der Waals surface area (Å²) in [5.41, 5.74) is 1.38. The van der Waals surface area contributed by atoms with E-state index in [9.17, 15) is 17.6 Å². The summed E-state index contributed by atoms with van der Waals surface area (Å²) in [6.45, 7) is 5.72. The van der Waals surface area contributed by atoms with Crippen LogP contribution >= 0.6 is 11.6 Å². The molecule has 3 rings (SSSR count). The Hall–Kier alpha value is -2.65. The van der Waals surface area contributed by atoms with E-state index in [1.807, 2.05) is 6.92 Å². The topological polar surface area (TPSA) is 93.1 Å². The maximum atomic E-state index is 14.5. The summed E-state index contributed by atoms with van der Waals surface area (Å²) >= 11 is 6.29. The van der Waals surface area contributed by atoms with E-state index in [0.717, 1.165) is 12.5 Å². The highest BCUT2D eigenvalue weighted by atomic mass is 35.5. The molecule has 0 saturated heterocycles. The van der Waals surface area contributed by atoms with Crippen molar-refractivity contribution in [2.45, 2.75) is 33.7 Å². The largest absolute Gasteiger partial charge is 0.352 e. The van der Waals surface area contributed by atoms with Crippen LogP contribution in [0.3, 0.4) is 0 Å². The standard InChI is InChI=1S/C20H22ClFN4O3S/c1-4-10-26-11-23-15-9-8-14(12(3)17(15)20(26)27)24-19-13(22)6-7-16(18(19)21)25-30(28,29)5-2/h6-9,11,24-25H,4-5,10H2,1-3H3. The van der Waals surface area contributed by atoms with Gasteiger partial charge in [-0.2, -0.15) is 0 Å². The first-order valence-corrected chi connectivity index (χ1v) is 11.5. The van der Waals surface area contributed by atoms with E-state index in [2.05, 4.69) is 15.0 Å². The van der Waals surface area contributed by atoms with Crippen LogP contribution in [0.4, 0.5) is 21.5 Å². The Morgan fingerprint density at radius 2 is 1.87 bits per heavy atom. The van der Waals surface area contributed by atoms with Crippen molar-refractivity contribution in [2.75, 3.05) is 15.8 Å². The number of fused-ring (bicyclic) bond motifs is 1. The number of hydrogen-bond acceptors (Lipinski definition) is 5. The number of anilines is 3. The molecule has 0 fully saturated rings. The average Bonchev–Trinajstić information content (AvgIpc) is 2.71. The van der Waals surface area contributed by atoms with Crippen molar-refractivity contribution in [3.63, 3.8) is 0 Å². The fraction of sp³-hybridized carbons (Fsp3) is 0.300. The molecule has 0 aliphatic rings. The summed E-state index contributed by atoms with van der Waals surface area (Å²) in [6, 6.07) is 5.72. The lowest BCUT2D eigenvalue weighted by atomic mass is 10.1.